The van der Waals surface area contributed by atoms with Crippen molar-refractivity contribution in [1.29, 1.82) is 0 Å². The van der Waals surface area contributed by atoms with E-state index in [1.807, 2.05) is 12.1 Å². The van der Waals surface area contributed by atoms with E-state index >= 15 is 0 Å². The summed E-state index contributed by atoms with van der Waals surface area (Å²) in [5.74, 6) is -1.71. The molecule has 4 nitrogen and oxygen atoms in total. The fraction of sp³-hybridized carbons (Fsp3) is 0.143. The second kappa shape index (κ2) is 5.95. The van der Waals surface area contributed by atoms with Gasteiger partial charge in [-0.1, -0.05) is 12.1 Å². The molecule has 0 fully saturated rings. The molecule has 1 heterocycles. The van der Waals surface area contributed by atoms with Gasteiger partial charge in [-0.25, -0.2) is 9.18 Å². The van der Waals surface area contributed by atoms with Gasteiger partial charge in [0.1, 0.15) is 5.82 Å². The normalized spacial score (nSPS) is 10.2. The molecule has 2 aromatic rings. The van der Waals surface area contributed by atoms with Crippen LogP contribution in [0.5, 0.6) is 0 Å². The van der Waals surface area contributed by atoms with Crippen LogP contribution in [0.3, 0.4) is 0 Å². The second-order valence-corrected chi connectivity index (χ2v) is 4.01. The zero-order chi connectivity index (χ0) is 13.7. The highest BCUT2D eigenvalue weighted by molar-refractivity contribution is 5.94. The average molecular weight is 260 g/mol. The van der Waals surface area contributed by atoms with E-state index < -0.39 is 11.8 Å². The molecule has 2 N–H and O–H groups in total. The third-order valence-electron chi connectivity index (χ3n) is 2.68. The van der Waals surface area contributed by atoms with Crippen molar-refractivity contribution in [3.05, 3.63) is 59.7 Å². The molecule has 0 amide bonds. The number of rotatable bonds is 5. The van der Waals surface area contributed by atoms with E-state index in [-0.39, 0.29) is 11.3 Å². The van der Waals surface area contributed by atoms with Crippen molar-refractivity contribution in [2.24, 2.45) is 0 Å². The maximum atomic E-state index is 13.6. The van der Waals surface area contributed by atoms with E-state index in [0.29, 0.717) is 13.0 Å². The standard InChI is InChI=1S/C14H13FN2O2/c15-12-5-1-4-11(14(18)19)13(12)17-8-6-10-3-2-7-16-9-10/h1-5,7,9,17H,6,8H2,(H,18,19). The molecule has 0 saturated heterocycles. The Morgan fingerprint density at radius 2 is 2.16 bits per heavy atom. The minimum atomic E-state index is -1.15. The van der Waals surface area contributed by atoms with E-state index in [2.05, 4.69) is 10.3 Å². The summed E-state index contributed by atoms with van der Waals surface area (Å²) in [6.45, 7) is 0.437. The van der Waals surface area contributed by atoms with E-state index in [4.69, 9.17) is 5.11 Å². The molecule has 98 valence electrons. The van der Waals surface area contributed by atoms with Gasteiger partial charge in [0.05, 0.1) is 11.3 Å². The van der Waals surface area contributed by atoms with Crippen molar-refractivity contribution >= 4 is 11.7 Å². The molecule has 0 aliphatic heterocycles. The maximum Gasteiger partial charge on any atom is 0.337 e. The van der Waals surface area contributed by atoms with E-state index in [9.17, 15) is 9.18 Å². The number of carboxylic acid groups (broad SMARTS) is 1. The Labute approximate surface area is 109 Å². The SMILES string of the molecule is O=C(O)c1cccc(F)c1NCCc1cccnc1. The van der Waals surface area contributed by atoms with E-state index in [0.717, 1.165) is 5.56 Å². The third kappa shape index (κ3) is 3.28. The van der Waals surface area contributed by atoms with Crippen LogP contribution >= 0.6 is 0 Å². The minimum Gasteiger partial charge on any atom is -0.478 e. The molecule has 0 aliphatic rings. The molecule has 0 saturated carbocycles. The van der Waals surface area contributed by atoms with Crippen molar-refractivity contribution in [2.45, 2.75) is 6.42 Å². The van der Waals surface area contributed by atoms with Crippen LogP contribution in [-0.4, -0.2) is 22.6 Å². The van der Waals surface area contributed by atoms with Gasteiger partial charge in [-0.3, -0.25) is 4.98 Å². The number of carboxylic acids is 1. The number of pyridine rings is 1. The number of para-hydroxylation sites is 1. The van der Waals surface area contributed by atoms with Gasteiger partial charge in [0.25, 0.3) is 0 Å². The largest absolute Gasteiger partial charge is 0.478 e. The summed E-state index contributed by atoms with van der Waals surface area (Å²) in [6, 6.07) is 7.72. The van der Waals surface area contributed by atoms with Gasteiger partial charge in [0, 0.05) is 18.9 Å². The van der Waals surface area contributed by atoms with Crippen molar-refractivity contribution in [3.63, 3.8) is 0 Å². The maximum absolute atomic E-state index is 13.6. The molecule has 19 heavy (non-hydrogen) atoms. The summed E-state index contributed by atoms with van der Waals surface area (Å²) in [4.78, 5) is 15.0. The quantitative estimate of drug-likeness (QED) is 0.867. The Bertz CT molecular complexity index is 573. The summed E-state index contributed by atoms with van der Waals surface area (Å²) in [5.41, 5.74) is 0.966. The predicted molar refractivity (Wildman–Crippen MR) is 69.8 cm³/mol. The van der Waals surface area contributed by atoms with Crippen LogP contribution < -0.4 is 5.32 Å². The molecule has 0 spiro atoms. The molecular weight excluding hydrogens is 247 g/mol. The first-order valence-electron chi connectivity index (χ1n) is 5.83. The Morgan fingerprint density at radius 1 is 1.32 bits per heavy atom. The zero-order valence-corrected chi connectivity index (χ0v) is 10.1. The van der Waals surface area contributed by atoms with Gasteiger partial charge in [0.15, 0.2) is 0 Å². The Hall–Kier alpha value is -2.43. The number of halogens is 1. The van der Waals surface area contributed by atoms with Gasteiger partial charge >= 0.3 is 5.97 Å². The molecule has 0 bridgehead atoms. The highest BCUT2D eigenvalue weighted by Gasteiger charge is 2.13. The molecule has 0 aliphatic carbocycles. The number of aromatic nitrogens is 1. The highest BCUT2D eigenvalue weighted by atomic mass is 19.1. The van der Waals surface area contributed by atoms with Gasteiger partial charge in [0.2, 0.25) is 0 Å². The average Bonchev–Trinajstić information content (AvgIpc) is 2.41. The van der Waals surface area contributed by atoms with Gasteiger partial charge < -0.3 is 10.4 Å². The van der Waals surface area contributed by atoms with Gasteiger partial charge in [-0.15, -0.1) is 0 Å². The van der Waals surface area contributed by atoms with E-state index in [1.54, 1.807) is 12.4 Å². The van der Waals surface area contributed by atoms with Crippen molar-refractivity contribution in [1.82, 2.24) is 4.98 Å². The summed E-state index contributed by atoms with van der Waals surface area (Å²) >= 11 is 0. The van der Waals surface area contributed by atoms with Crippen molar-refractivity contribution < 1.29 is 14.3 Å². The number of nitrogens with one attached hydrogen (secondary N) is 1. The first kappa shape index (κ1) is 13.0. The summed E-state index contributed by atoms with van der Waals surface area (Å²) in [6.07, 6.45) is 4.04. The second-order valence-electron chi connectivity index (χ2n) is 4.01. The fourth-order valence-electron chi connectivity index (χ4n) is 1.76. The molecule has 1 aromatic carbocycles. The smallest absolute Gasteiger partial charge is 0.337 e. The monoisotopic (exact) mass is 260 g/mol. The molecule has 0 atom stereocenters. The van der Waals surface area contributed by atoms with Crippen LogP contribution in [0.2, 0.25) is 0 Å². The zero-order valence-electron chi connectivity index (χ0n) is 10.1. The molecule has 5 heteroatoms. The topological polar surface area (TPSA) is 62.2 Å². The highest BCUT2D eigenvalue weighted by Crippen LogP contribution is 2.19. The number of nitrogens with zero attached hydrogens (tertiary/aromatic N) is 1. The number of carbonyl (C=O) groups is 1. The molecular formula is C14H13FN2O2. The van der Waals surface area contributed by atoms with Crippen LogP contribution in [0.15, 0.2) is 42.7 Å². The lowest BCUT2D eigenvalue weighted by Gasteiger charge is -2.10. The summed E-state index contributed by atoms with van der Waals surface area (Å²) in [7, 11) is 0. The first-order valence-corrected chi connectivity index (χ1v) is 5.83. The Balaban J connectivity index is 2.05. The Morgan fingerprint density at radius 3 is 2.84 bits per heavy atom. The number of hydrogen-bond acceptors (Lipinski definition) is 3. The van der Waals surface area contributed by atoms with Crippen molar-refractivity contribution in [3.8, 4) is 0 Å². The summed E-state index contributed by atoms with van der Waals surface area (Å²) < 4.78 is 13.6. The van der Waals surface area contributed by atoms with Crippen molar-refractivity contribution in [2.75, 3.05) is 11.9 Å². The number of anilines is 1. The number of hydrogen-bond donors (Lipinski definition) is 2. The molecule has 2 rings (SSSR count). The van der Waals surface area contributed by atoms with Crippen LogP contribution in [-0.2, 0) is 6.42 Å². The third-order valence-corrected chi connectivity index (χ3v) is 2.68. The van der Waals surface area contributed by atoms with Gasteiger partial charge in [-0.05, 0) is 30.2 Å². The van der Waals surface area contributed by atoms with Crippen LogP contribution in [0.25, 0.3) is 0 Å². The molecule has 1 aromatic heterocycles. The number of benzene rings is 1. The fourth-order valence-corrected chi connectivity index (χ4v) is 1.76. The lowest BCUT2D eigenvalue weighted by atomic mass is 10.1. The predicted octanol–water partition coefficient (Wildman–Crippen LogP) is 2.57. The van der Waals surface area contributed by atoms with Crippen LogP contribution in [0.1, 0.15) is 15.9 Å². The van der Waals surface area contributed by atoms with Crippen LogP contribution in [0.4, 0.5) is 10.1 Å². The first-order chi connectivity index (χ1) is 9.18. The Kier molecular flexibility index (Phi) is 4.07. The van der Waals surface area contributed by atoms with Crippen LogP contribution in [0, 0.1) is 5.82 Å². The number of aromatic carboxylic acids is 1. The van der Waals surface area contributed by atoms with E-state index in [1.165, 1.54) is 18.2 Å². The molecule has 0 radical (unpaired) electrons. The lowest BCUT2D eigenvalue weighted by Crippen LogP contribution is -2.11. The minimum absolute atomic E-state index is 0.0268. The molecule has 0 unspecified atom stereocenters. The van der Waals surface area contributed by atoms with Gasteiger partial charge in [-0.2, -0.15) is 0 Å². The lowest BCUT2D eigenvalue weighted by molar-refractivity contribution is 0.0697. The summed E-state index contributed by atoms with van der Waals surface area (Å²) in [5, 5.41) is 11.8.